The molecule has 0 aliphatic carbocycles. The average Bonchev–Trinajstić information content (AvgIpc) is 2.83. The van der Waals surface area contributed by atoms with Crippen LogP contribution in [-0.4, -0.2) is 16.3 Å². The van der Waals surface area contributed by atoms with Crippen molar-refractivity contribution in [2.45, 2.75) is 39.0 Å². The predicted octanol–water partition coefficient (Wildman–Crippen LogP) is 6.20. The number of para-hydroxylation sites is 1. The summed E-state index contributed by atoms with van der Waals surface area (Å²) in [7, 11) is 0. The number of rotatable bonds is 3. The lowest BCUT2D eigenvalue weighted by Gasteiger charge is -2.15. The van der Waals surface area contributed by atoms with E-state index in [-0.39, 0.29) is 5.82 Å². The van der Waals surface area contributed by atoms with Gasteiger partial charge in [0.05, 0.1) is 16.4 Å². The number of nitrogens with zero attached hydrogens (tertiary/aromatic N) is 2. The molecule has 0 saturated heterocycles. The zero-order valence-electron chi connectivity index (χ0n) is 15.6. The Bertz CT molecular complexity index is 978. The molecule has 0 spiro atoms. The van der Waals surface area contributed by atoms with Gasteiger partial charge < -0.3 is 5.32 Å². The summed E-state index contributed by atoms with van der Waals surface area (Å²) in [5.74, 6) is 1.07. The Morgan fingerprint density at radius 1 is 1.15 bits per heavy atom. The van der Waals surface area contributed by atoms with Crippen molar-refractivity contribution in [3.05, 3.63) is 64.4 Å². The van der Waals surface area contributed by atoms with Gasteiger partial charge in [-0.3, -0.25) is 0 Å². The first-order chi connectivity index (χ1) is 13.1. The second kappa shape index (κ2) is 7.35. The van der Waals surface area contributed by atoms with Crippen LogP contribution in [0, 0.1) is 5.82 Å². The molecule has 3 nitrogen and oxygen atoms in total. The molecule has 0 saturated carbocycles. The maximum Gasteiger partial charge on any atom is 0.133 e. The van der Waals surface area contributed by atoms with Crippen LogP contribution in [0.4, 0.5) is 10.2 Å². The van der Waals surface area contributed by atoms with Gasteiger partial charge in [-0.2, -0.15) is 5.10 Å². The van der Waals surface area contributed by atoms with E-state index in [9.17, 15) is 4.39 Å². The third-order valence-electron chi connectivity index (χ3n) is 5.10. The summed E-state index contributed by atoms with van der Waals surface area (Å²) < 4.78 is 15.6. The van der Waals surface area contributed by atoms with Crippen molar-refractivity contribution in [3.63, 3.8) is 0 Å². The second-order valence-electron chi connectivity index (χ2n) is 7.31. The molecule has 1 aliphatic rings. The number of hydrogen-bond acceptors (Lipinski definition) is 2. The van der Waals surface area contributed by atoms with Crippen LogP contribution in [-0.2, 0) is 6.42 Å². The van der Waals surface area contributed by atoms with Crippen LogP contribution in [0.15, 0.2) is 42.5 Å². The normalized spacial score (nSPS) is 14.0. The van der Waals surface area contributed by atoms with E-state index < -0.39 is 0 Å². The number of halogens is 2. The van der Waals surface area contributed by atoms with Gasteiger partial charge in [-0.1, -0.05) is 43.6 Å². The van der Waals surface area contributed by atoms with Crippen molar-refractivity contribution >= 4 is 17.4 Å². The van der Waals surface area contributed by atoms with Crippen molar-refractivity contribution in [3.8, 4) is 16.9 Å². The molecule has 140 valence electrons. The molecule has 1 N–H and O–H groups in total. The number of hydrogen-bond donors (Lipinski definition) is 1. The number of anilines is 1. The topological polar surface area (TPSA) is 29.9 Å². The lowest BCUT2D eigenvalue weighted by atomic mass is 10.0. The van der Waals surface area contributed by atoms with Gasteiger partial charge in [-0.15, -0.1) is 0 Å². The van der Waals surface area contributed by atoms with Gasteiger partial charge in [0.1, 0.15) is 11.6 Å². The monoisotopic (exact) mass is 383 g/mol. The number of benzene rings is 2. The van der Waals surface area contributed by atoms with Gasteiger partial charge in [-0.25, -0.2) is 9.07 Å². The largest absolute Gasteiger partial charge is 0.370 e. The number of nitrogens with one attached hydrogen (secondary N) is 1. The first-order valence-electron chi connectivity index (χ1n) is 9.46. The van der Waals surface area contributed by atoms with E-state index in [2.05, 4.69) is 37.4 Å². The Labute approximate surface area is 164 Å². The molecule has 3 aromatic rings. The zero-order valence-corrected chi connectivity index (χ0v) is 16.4. The molecule has 0 fully saturated rings. The van der Waals surface area contributed by atoms with Crippen LogP contribution in [0.25, 0.3) is 16.9 Å². The van der Waals surface area contributed by atoms with Crippen molar-refractivity contribution in [2.24, 2.45) is 0 Å². The Kier molecular flexibility index (Phi) is 4.92. The molecule has 1 aromatic heterocycles. The number of fused-ring (bicyclic) bond motifs is 1. The van der Waals surface area contributed by atoms with Crippen LogP contribution < -0.4 is 5.32 Å². The SMILES string of the molecule is CC(C)c1ccccc1-n1nc(-c2ccc(F)cc2Cl)c2c1NCCCC2. The first-order valence-corrected chi connectivity index (χ1v) is 9.84. The van der Waals surface area contributed by atoms with Gasteiger partial charge in [0.25, 0.3) is 0 Å². The fourth-order valence-electron chi connectivity index (χ4n) is 3.74. The highest BCUT2D eigenvalue weighted by molar-refractivity contribution is 6.33. The molecule has 5 heteroatoms. The molecule has 0 atom stereocenters. The van der Waals surface area contributed by atoms with Gasteiger partial charge >= 0.3 is 0 Å². The van der Waals surface area contributed by atoms with E-state index in [1.807, 2.05) is 10.7 Å². The standard InChI is InChI=1S/C22H23ClFN3/c1-14(2)16-7-3-4-9-20(16)27-22-18(8-5-6-12-25-22)21(26-27)17-11-10-15(24)13-19(17)23/h3-4,7,9-11,13-14,25H,5-6,8,12H2,1-2H3. The molecule has 2 heterocycles. The van der Waals surface area contributed by atoms with Crippen molar-refractivity contribution in [1.29, 1.82) is 0 Å². The molecule has 4 rings (SSSR count). The summed E-state index contributed by atoms with van der Waals surface area (Å²) in [5, 5.41) is 8.91. The summed E-state index contributed by atoms with van der Waals surface area (Å²) in [6.07, 6.45) is 3.12. The minimum absolute atomic E-state index is 0.336. The summed E-state index contributed by atoms with van der Waals surface area (Å²) in [4.78, 5) is 0. The molecular weight excluding hydrogens is 361 g/mol. The molecule has 0 amide bonds. The van der Waals surface area contributed by atoms with Crippen LogP contribution in [0.5, 0.6) is 0 Å². The average molecular weight is 384 g/mol. The molecule has 0 radical (unpaired) electrons. The van der Waals surface area contributed by atoms with Crippen LogP contribution in [0.2, 0.25) is 5.02 Å². The van der Waals surface area contributed by atoms with Gasteiger partial charge in [0, 0.05) is 17.7 Å². The van der Waals surface area contributed by atoms with Gasteiger partial charge in [-0.05, 0) is 55.0 Å². The minimum Gasteiger partial charge on any atom is -0.370 e. The Morgan fingerprint density at radius 2 is 1.96 bits per heavy atom. The molecular formula is C22H23ClFN3. The van der Waals surface area contributed by atoms with Crippen molar-refractivity contribution in [2.75, 3.05) is 11.9 Å². The Hall–Kier alpha value is -2.33. The van der Waals surface area contributed by atoms with Gasteiger partial charge in [0.15, 0.2) is 0 Å². The maximum atomic E-state index is 13.6. The quantitative estimate of drug-likeness (QED) is 0.583. The van der Waals surface area contributed by atoms with E-state index in [0.29, 0.717) is 10.9 Å². The lowest BCUT2D eigenvalue weighted by Crippen LogP contribution is -2.09. The highest BCUT2D eigenvalue weighted by Gasteiger charge is 2.24. The predicted molar refractivity (Wildman–Crippen MR) is 109 cm³/mol. The van der Waals surface area contributed by atoms with Crippen LogP contribution in [0.1, 0.15) is 43.7 Å². The molecule has 0 bridgehead atoms. The Balaban J connectivity index is 1.96. The number of aromatic nitrogens is 2. The molecule has 0 unspecified atom stereocenters. The van der Waals surface area contributed by atoms with Crippen LogP contribution >= 0.6 is 11.6 Å². The van der Waals surface area contributed by atoms with Crippen molar-refractivity contribution < 1.29 is 4.39 Å². The summed E-state index contributed by atoms with van der Waals surface area (Å²) in [6, 6.07) is 12.9. The van der Waals surface area contributed by atoms with Crippen LogP contribution in [0.3, 0.4) is 0 Å². The summed E-state index contributed by atoms with van der Waals surface area (Å²) >= 11 is 6.37. The minimum atomic E-state index is -0.336. The highest BCUT2D eigenvalue weighted by Crippen LogP contribution is 2.38. The van der Waals surface area contributed by atoms with Crippen molar-refractivity contribution in [1.82, 2.24) is 9.78 Å². The molecule has 1 aliphatic heterocycles. The zero-order chi connectivity index (χ0) is 19.0. The molecule has 2 aromatic carbocycles. The molecule has 27 heavy (non-hydrogen) atoms. The highest BCUT2D eigenvalue weighted by atomic mass is 35.5. The fourth-order valence-corrected chi connectivity index (χ4v) is 4.00. The van der Waals surface area contributed by atoms with Gasteiger partial charge in [0.2, 0.25) is 0 Å². The third-order valence-corrected chi connectivity index (χ3v) is 5.42. The second-order valence-corrected chi connectivity index (χ2v) is 7.72. The summed E-state index contributed by atoms with van der Waals surface area (Å²) in [6.45, 7) is 5.29. The summed E-state index contributed by atoms with van der Waals surface area (Å²) in [5.41, 5.74) is 5.08. The lowest BCUT2D eigenvalue weighted by molar-refractivity contribution is 0.628. The smallest absolute Gasteiger partial charge is 0.133 e. The van der Waals surface area contributed by atoms with E-state index in [4.69, 9.17) is 16.7 Å². The van der Waals surface area contributed by atoms with E-state index in [1.165, 1.54) is 17.7 Å². The maximum absolute atomic E-state index is 13.6. The first kappa shape index (κ1) is 18.1. The fraction of sp³-hybridized carbons (Fsp3) is 0.318. The van der Waals surface area contributed by atoms with E-state index in [1.54, 1.807) is 6.07 Å². The van der Waals surface area contributed by atoms with E-state index >= 15 is 0 Å². The Morgan fingerprint density at radius 3 is 2.74 bits per heavy atom. The third kappa shape index (κ3) is 3.34. The van der Waals surface area contributed by atoms with E-state index in [0.717, 1.165) is 54.1 Å².